The number of thiazole rings is 1. The van der Waals surface area contributed by atoms with Crippen LogP contribution in [0.5, 0.6) is 23.0 Å². The average molecular weight is 499 g/mol. The Kier molecular flexibility index (Phi) is 7.58. The van der Waals surface area contributed by atoms with Crippen LogP contribution in [0.3, 0.4) is 0 Å². The van der Waals surface area contributed by atoms with Gasteiger partial charge in [-0.15, -0.1) is 11.3 Å². The third kappa shape index (κ3) is 5.13. The molecule has 0 fully saturated rings. The average Bonchev–Trinajstić information content (AvgIpc) is 3.47. The lowest BCUT2D eigenvalue weighted by Gasteiger charge is -2.17. The predicted molar refractivity (Wildman–Crippen MR) is 140 cm³/mol. The van der Waals surface area contributed by atoms with E-state index in [0.29, 0.717) is 0 Å². The van der Waals surface area contributed by atoms with Crippen LogP contribution < -0.4 is 24.3 Å². The highest BCUT2D eigenvalue weighted by atomic mass is 32.2. The van der Waals surface area contributed by atoms with Crippen LogP contribution in [0.25, 0.3) is 15.3 Å². The van der Waals surface area contributed by atoms with Crippen molar-refractivity contribution in [1.29, 1.82) is 0 Å². The quantitative estimate of drug-likeness (QED) is 0.351. The van der Waals surface area contributed by atoms with Crippen molar-refractivity contribution in [3.63, 3.8) is 0 Å². The largest absolute Gasteiger partial charge is 0.496 e. The molecule has 1 unspecified atom stereocenters. The van der Waals surface area contributed by atoms with Crippen LogP contribution in [-0.4, -0.2) is 31.4 Å². The van der Waals surface area contributed by atoms with Gasteiger partial charge in [0.15, 0.2) is 0 Å². The Morgan fingerprint density at radius 2 is 1.38 bits per heavy atom. The fourth-order valence-corrected chi connectivity index (χ4v) is 5.89. The molecule has 0 amide bonds. The first-order chi connectivity index (χ1) is 16.4. The fourth-order valence-electron chi connectivity index (χ4n) is 3.68. The summed E-state index contributed by atoms with van der Waals surface area (Å²) in [6, 6.07) is 11.7. The SMILES string of the molecule is COc1cccc(OC(C)C)c1C1=CNC(c2ncc(-c3c(OC)cccc3OC(C)C)s2)S1. The molecule has 1 atom stereocenters. The van der Waals surface area contributed by atoms with E-state index in [2.05, 4.69) is 5.32 Å². The van der Waals surface area contributed by atoms with Crippen LogP contribution >= 0.6 is 23.1 Å². The van der Waals surface area contributed by atoms with Crippen molar-refractivity contribution in [3.8, 4) is 33.4 Å². The highest BCUT2D eigenvalue weighted by molar-refractivity contribution is 8.08. The van der Waals surface area contributed by atoms with Crippen molar-refractivity contribution in [3.05, 3.63) is 59.4 Å². The normalized spacial score (nSPS) is 15.3. The Morgan fingerprint density at radius 1 is 0.824 bits per heavy atom. The number of rotatable bonds is 9. The maximum Gasteiger partial charge on any atom is 0.132 e. The number of nitrogens with zero attached hydrogens (tertiary/aromatic N) is 1. The van der Waals surface area contributed by atoms with Crippen molar-refractivity contribution in [1.82, 2.24) is 10.3 Å². The number of thioether (sulfide) groups is 1. The standard InChI is InChI=1S/C26H30N2O4S2/c1-15(2)31-19-11-7-9-17(29-5)23(19)21-13-27-25(33-21)26-28-14-22(34-26)24-18(30-6)10-8-12-20(24)32-16(3)4/h7-16,25,27H,1-6H3. The molecule has 1 aliphatic rings. The molecule has 2 aromatic carbocycles. The van der Waals surface area contributed by atoms with Crippen LogP contribution in [0.2, 0.25) is 0 Å². The first-order valence-corrected chi connectivity index (χ1v) is 12.9. The number of benzene rings is 2. The second kappa shape index (κ2) is 10.6. The van der Waals surface area contributed by atoms with E-state index in [-0.39, 0.29) is 17.6 Å². The van der Waals surface area contributed by atoms with Crippen LogP contribution in [0, 0.1) is 0 Å². The second-order valence-corrected chi connectivity index (χ2v) is 10.4. The van der Waals surface area contributed by atoms with E-state index in [1.165, 1.54) is 0 Å². The summed E-state index contributed by atoms with van der Waals surface area (Å²) in [4.78, 5) is 6.79. The van der Waals surface area contributed by atoms with E-state index in [0.717, 1.165) is 48.9 Å². The molecule has 2 heterocycles. The van der Waals surface area contributed by atoms with Crippen LogP contribution in [0.1, 0.15) is 43.6 Å². The summed E-state index contributed by atoms with van der Waals surface area (Å²) < 4.78 is 23.4. The molecule has 0 aliphatic carbocycles. The summed E-state index contributed by atoms with van der Waals surface area (Å²) in [5.41, 5.74) is 1.88. The van der Waals surface area contributed by atoms with Crippen molar-refractivity contribution in [2.24, 2.45) is 0 Å². The van der Waals surface area contributed by atoms with Gasteiger partial charge in [-0.2, -0.15) is 0 Å². The van der Waals surface area contributed by atoms with Crippen LogP contribution in [0.4, 0.5) is 0 Å². The lowest BCUT2D eigenvalue weighted by molar-refractivity contribution is 0.240. The first kappa shape index (κ1) is 24.3. The molecule has 0 spiro atoms. The van der Waals surface area contributed by atoms with Crippen molar-refractivity contribution in [2.45, 2.75) is 45.3 Å². The van der Waals surface area contributed by atoms with Gasteiger partial charge in [0.25, 0.3) is 0 Å². The van der Waals surface area contributed by atoms with Gasteiger partial charge in [0.1, 0.15) is 33.4 Å². The smallest absolute Gasteiger partial charge is 0.132 e. The Bertz CT molecular complexity index is 1170. The summed E-state index contributed by atoms with van der Waals surface area (Å²) in [6.07, 6.45) is 4.02. The van der Waals surface area contributed by atoms with E-state index < -0.39 is 0 Å². The zero-order valence-electron chi connectivity index (χ0n) is 20.2. The Balaban J connectivity index is 1.61. The Morgan fingerprint density at radius 3 is 1.97 bits per heavy atom. The molecular weight excluding hydrogens is 468 g/mol. The fraction of sp³-hybridized carbons (Fsp3) is 0.346. The minimum atomic E-state index is -0.0188. The first-order valence-electron chi connectivity index (χ1n) is 11.2. The Labute approximate surface area is 209 Å². The maximum atomic E-state index is 6.07. The predicted octanol–water partition coefficient (Wildman–Crippen LogP) is 6.74. The highest BCUT2D eigenvalue weighted by Crippen LogP contribution is 2.50. The molecule has 3 aromatic rings. The monoisotopic (exact) mass is 498 g/mol. The van der Waals surface area contributed by atoms with Crippen LogP contribution in [-0.2, 0) is 0 Å². The van der Waals surface area contributed by atoms with Crippen molar-refractivity contribution >= 4 is 28.0 Å². The van der Waals surface area contributed by atoms with E-state index in [4.69, 9.17) is 23.9 Å². The molecule has 4 rings (SSSR count). The van der Waals surface area contributed by atoms with Gasteiger partial charge in [0.2, 0.25) is 0 Å². The zero-order chi connectivity index (χ0) is 24.2. The van der Waals surface area contributed by atoms with Gasteiger partial charge in [-0.25, -0.2) is 4.98 Å². The number of aromatic nitrogens is 1. The summed E-state index contributed by atoms with van der Waals surface area (Å²) in [7, 11) is 3.36. The van der Waals surface area contributed by atoms with E-state index in [1.807, 2.05) is 76.5 Å². The maximum absolute atomic E-state index is 6.07. The molecule has 0 saturated carbocycles. The second-order valence-electron chi connectivity index (χ2n) is 8.24. The topological polar surface area (TPSA) is 61.8 Å². The molecule has 0 bridgehead atoms. The molecule has 0 saturated heterocycles. The van der Waals surface area contributed by atoms with Crippen LogP contribution in [0.15, 0.2) is 48.8 Å². The molecule has 1 N–H and O–H groups in total. The molecule has 1 aromatic heterocycles. The molecule has 6 nitrogen and oxygen atoms in total. The van der Waals surface area contributed by atoms with E-state index >= 15 is 0 Å². The lowest BCUT2D eigenvalue weighted by Crippen LogP contribution is -2.07. The van der Waals surface area contributed by atoms with Gasteiger partial charge in [0.05, 0.1) is 42.4 Å². The third-order valence-electron chi connectivity index (χ3n) is 4.99. The summed E-state index contributed by atoms with van der Waals surface area (Å²) in [5, 5.41) is 4.42. The highest BCUT2D eigenvalue weighted by Gasteiger charge is 2.28. The zero-order valence-corrected chi connectivity index (χ0v) is 21.9. The molecule has 180 valence electrons. The number of hydrogen-bond donors (Lipinski definition) is 1. The van der Waals surface area contributed by atoms with E-state index in [1.54, 1.807) is 37.3 Å². The summed E-state index contributed by atoms with van der Waals surface area (Å²) in [6.45, 7) is 8.07. The number of nitrogens with one attached hydrogen (secondary N) is 1. The molecule has 1 aliphatic heterocycles. The minimum Gasteiger partial charge on any atom is -0.496 e. The van der Waals surface area contributed by atoms with Gasteiger partial charge in [0, 0.05) is 17.3 Å². The number of ether oxygens (including phenoxy) is 4. The molecule has 8 heteroatoms. The van der Waals surface area contributed by atoms with Crippen molar-refractivity contribution in [2.75, 3.05) is 14.2 Å². The summed E-state index contributed by atoms with van der Waals surface area (Å²) in [5.74, 6) is 3.15. The van der Waals surface area contributed by atoms with Crippen molar-refractivity contribution < 1.29 is 18.9 Å². The number of methoxy groups -OCH3 is 2. The van der Waals surface area contributed by atoms with Gasteiger partial charge in [-0.3, -0.25) is 0 Å². The van der Waals surface area contributed by atoms with Gasteiger partial charge < -0.3 is 24.3 Å². The van der Waals surface area contributed by atoms with Gasteiger partial charge in [-0.1, -0.05) is 23.9 Å². The molecule has 0 radical (unpaired) electrons. The lowest BCUT2D eigenvalue weighted by atomic mass is 10.1. The van der Waals surface area contributed by atoms with E-state index in [9.17, 15) is 0 Å². The summed E-state index contributed by atoms with van der Waals surface area (Å²) >= 11 is 3.32. The van der Waals surface area contributed by atoms with Gasteiger partial charge in [-0.05, 0) is 52.0 Å². The number of hydrogen-bond acceptors (Lipinski definition) is 8. The molecule has 34 heavy (non-hydrogen) atoms. The Hall–Kier alpha value is -2.84. The minimum absolute atomic E-state index is 0.0188. The van der Waals surface area contributed by atoms with Gasteiger partial charge >= 0.3 is 0 Å². The molecular formula is C26H30N2O4S2. The third-order valence-corrected chi connectivity index (χ3v) is 7.39.